The molecule has 5 rings (SSSR count). The molecule has 0 aromatic heterocycles. The molecule has 0 aromatic rings. The molecule has 14 nitrogen and oxygen atoms in total. The van der Waals surface area contributed by atoms with Crippen LogP contribution in [0.25, 0.3) is 0 Å². The van der Waals surface area contributed by atoms with Crippen LogP contribution in [0.3, 0.4) is 0 Å². The van der Waals surface area contributed by atoms with Gasteiger partial charge in [-0.15, -0.1) is 6.58 Å². The zero-order valence-corrected chi connectivity index (χ0v) is 42.9. The molecule has 0 spiro atoms. The molecule has 0 saturated carbocycles. The van der Waals surface area contributed by atoms with Crippen molar-refractivity contribution < 1.29 is 163 Å². The summed E-state index contributed by atoms with van der Waals surface area (Å²) in [6.45, 7) is 14.6. The van der Waals surface area contributed by atoms with E-state index in [4.69, 9.17) is 0 Å². The third-order valence-corrected chi connectivity index (χ3v) is 13.6. The van der Waals surface area contributed by atoms with Crippen molar-refractivity contribution in [1.82, 2.24) is 26.6 Å². The van der Waals surface area contributed by atoms with Crippen molar-refractivity contribution in [3.63, 3.8) is 0 Å². The number of hydrogen-bond acceptors (Lipinski definition) is 13. The van der Waals surface area contributed by atoms with Gasteiger partial charge in [-0.1, -0.05) is 44.9 Å². The van der Waals surface area contributed by atoms with Crippen LogP contribution in [0.4, 0.5) is 0 Å². The van der Waals surface area contributed by atoms with E-state index in [9.17, 15) is 44.4 Å². The predicted molar refractivity (Wildman–Crippen MR) is 182 cm³/mol. The first-order valence-corrected chi connectivity index (χ1v) is 19.0. The van der Waals surface area contributed by atoms with E-state index in [1.54, 1.807) is 0 Å². The first-order chi connectivity index (χ1) is 24.6. The smallest absolute Gasteiger partial charge is 0.550 e. The standard InChI is InChI=1S/C38H59N5O9.4Na/c1-7-20-16(3)24-12-26-18(5)22(9-10-32(45)46)35(42-26)23(11-31(44)41-30(37(49)50)15-33(47)48)36-34(38(51)52)19(6)27(43-36)14-29-21(8-2)17(4)25(40-29)13-28(20)39-24;;;;/h7,16,18-20,22-30,34-36,39-40,42-43H,1,8-15H2,2-6H3,(H,41,44)(H,45,46)(H,47,48)(H,49,50)(H,51,52);;;;/q;4*+1/p-4. The molecule has 8 bridgehead atoms. The van der Waals surface area contributed by atoms with Gasteiger partial charge in [-0.2, -0.15) is 0 Å². The molecule has 5 aliphatic rings. The van der Waals surface area contributed by atoms with Crippen molar-refractivity contribution in [3.05, 3.63) is 23.8 Å². The largest absolute Gasteiger partial charge is 1.00 e. The predicted octanol–water partition coefficient (Wildman–Crippen LogP) is -15.1. The van der Waals surface area contributed by atoms with E-state index >= 15 is 0 Å². The average molecular weight is 818 g/mol. The van der Waals surface area contributed by atoms with Gasteiger partial charge in [0.25, 0.3) is 0 Å². The maximum atomic E-state index is 13.7. The van der Waals surface area contributed by atoms with Crippen molar-refractivity contribution in [1.29, 1.82) is 0 Å². The number of hydrogen-bond donors (Lipinski definition) is 5. The maximum absolute atomic E-state index is 13.7. The van der Waals surface area contributed by atoms with Gasteiger partial charge >= 0.3 is 118 Å². The summed E-state index contributed by atoms with van der Waals surface area (Å²) in [6, 6.07) is -3.29. The van der Waals surface area contributed by atoms with Crippen molar-refractivity contribution >= 4 is 29.8 Å². The third-order valence-electron chi connectivity index (χ3n) is 13.6. The fourth-order valence-corrected chi connectivity index (χ4v) is 10.8. The summed E-state index contributed by atoms with van der Waals surface area (Å²) in [5, 5.41) is 65.3. The fourth-order valence-electron chi connectivity index (χ4n) is 10.8. The van der Waals surface area contributed by atoms with Crippen molar-refractivity contribution in [2.24, 2.45) is 41.4 Å². The Morgan fingerprint density at radius 2 is 1.36 bits per heavy atom. The SMILES string of the molecule is C=CC1C2CC3NC(CC4NC(C(CC(=O)NC(CC(=O)[O-])C(=O)[O-])C5NC(CC(N2)C1C)C(C)C5CCC(=O)[O-])C(C(=O)[O-])C4C)C(CC)=C3C.[Na+].[Na+].[Na+].[Na+]. The second-order valence-electron chi connectivity index (χ2n) is 16.2. The number of rotatable bonds is 12. The molecule has 1 amide bonds. The van der Waals surface area contributed by atoms with E-state index < -0.39 is 72.1 Å². The van der Waals surface area contributed by atoms with E-state index in [2.05, 4.69) is 53.9 Å². The number of carboxylic acids is 4. The number of nitrogens with one attached hydrogen (secondary N) is 5. The van der Waals surface area contributed by atoms with E-state index in [1.165, 1.54) is 11.1 Å². The van der Waals surface area contributed by atoms with E-state index in [0.717, 1.165) is 12.8 Å². The summed E-state index contributed by atoms with van der Waals surface area (Å²) in [4.78, 5) is 61.6. The van der Waals surface area contributed by atoms with Gasteiger partial charge in [0.05, 0.1) is 12.0 Å². The Morgan fingerprint density at radius 3 is 1.91 bits per heavy atom. The van der Waals surface area contributed by atoms with Crippen LogP contribution in [0.5, 0.6) is 0 Å². The van der Waals surface area contributed by atoms with Gasteiger partial charge in [0.15, 0.2) is 0 Å². The van der Waals surface area contributed by atoms with Gasteiger partial charge in [-0.05, 0) is 81.0 Å². The molecule has 18 heteroatoms. The normalized spacial score (nSPS) is 37.8. The average Bonchev–Trinajstić information content (AvgIpc) is 3.74. The maximum Gasteiger partial charge on any atom is 1.00 e. The Labute approximate surface area is 419 Å². The van der Waals surface area contributed by atoms with Gasteiger partial charge in [0.2, 0.25) is 5.91 Å². The first-order valence-electron chi connectivity index (χ1n) is 19.0. The molecule has 290 valence electrons. The van der Waals surface area contributed by atoms with Crippen LogP contribution >= 0.6 is 0 Å². The molecule has 5 heterocycles. The molecule has 0 aromatic carbocycles. The van der Waals surface area contributed by atoms with Crippen molar-refractivity contribution in [2.45, 2.75) is 140 Å². The summed E-state index contributed by atoms with van der Waals surface area (Å²) in [7, 11) is 0. The van der Waals surface area contributed by atoms with E-state index in [-0.39, 0.29) is 197 Å². The molecule has 56 heavy (non-hydrogen) atoms. The van der Waals surface area contributed by atoms with Gasteiger partial charge in [-0.3, -0.25) is 4.79 Å². The van der Waals surface area contributed by atoms with E-state index in [1.807, 2.05) is 19.9 Å². The number of fused-ring (bicyclic) bond motifs is 8. The number of carbonyl (C=O) groups is 5. The Kier molecular flexibility index (Phi) is 23.2. The summed E-state index contributed by atoms with van der Waals surface area (Å²) in [5.41, 5.74) is 2.60. The summed E-state index contributed by atoms with van der Waals surface area (Å²) in [6.07, 6.45) is 3.63. The first kappa shape index (κ1) is 54.7. The minimum absolute atomic E-state index is 0. The number of aliphatic carboxylic acids is 4. The molecular formula is C38H55N5Na4O9. The molecule has 0 radical (unpaired) electrons. The van der Waals surface area contributed by atoms with Gasteiger partial charge in [0.1, 0.15) is 0 Å². The topological polar surface area (TPSA) is 238 Å². The van der Waals surface area contributed by atoms with Gasteiger partial charge in [-0.25, -0.2) is 0 Å². The second kappa shape index (κ2) is 23.8. The Hall–Kier alpha value is 0.670. The summed E-state index contributed by atoms with van der Waals surface area (Å²) >= 11 is 0. The number of carboxylic acid groups (broad SMARTS) is 4. The van der Waals surface area contributed by atoms with Gasteiger partial charge < -0.3 is 66.2 Å². The van der Waals surface area contributed by atoms with Crippen LogP contribution in [0.2, 0.25) is 0 Å². The fraction of sp³-hybridized carbons (Fsp3) is 0.763. The second-order valence-corrected chi connectivity index (χ2v) is 16.2. The number of carbonyl (C=O) groups excluding carboxylic acids is 5. The molecule has 4 fully saturated rings. The molecule has 4 saturated heterocycles. The van der Waals surface area contributed by atoms with E-state index in [0.29, 0.717) is 12.8 Å². The summed E-state index contributed by atoms with van der Waals surface area (Å²) < 4.78 is 0. The van der Waals surface area contributed by atoms with Crippen LogP contribution in [0.1, 0.15) is 86.0 Å². The van der Waals surface area contributed by atoms with Crippen LogP contribution in [-0.4, -0.2) is 84.2 Å². The zero-order chi connectivity index (χ0) is 38.2. The zero-order valence-electron chi connectivity index (χ0n) is 34.9. The van der Waals surface area contributed by atoms with Crippen LogP contribution in [0.15, 0.2) is 23.8 Å². The van der Waals surface area contributed by atoms with Crippen LogP contribution < -0.4 is 165 Å². The molecular weight excluding hydrogens is 762 g/mol. The monoisotopic (exact) mass is 817 g/mol. The van der Waals surface area contributed by atoms with Crippen LogP contribution in [-0.2, 0) is 24.0 Å². The molecule has 16 unspecified atom stereocenters. The number of amides is 1. The molecule has 16 atom stereocenters. The third kappa shape index (κ3) is 12.2. The Bertz CT molecular complexity index is 1460. The van der Waals surface area contributed by atoms with Gasteiger partial charge in [0, 0.05) is 85.0 Å². The van der Waals surface area contributed by atoms with Crippen molar-refractivity contribution in [3.8, 4) is 0 Å². The molecule has 5 N–H and O–H groups in total. The quantitative estimate of drug-likeness (QED) is 0.0911. The molecule has 5 aliphatic heterocycles. The Morgan fingerprint density at radius 1 is 0.768 bits per heavy atom. The minimum atomic E-state index is -1.86. The summed E-state index contributed by atoms with van der Waals surface area (Å²) in [5.74, 6) is -8.92. The Balaban J connectivity index is 0.00000392. The van der Waals surface area contributed by atoms with Crippen molar-refractivity contribution in [2.75, 3.05) is 0 Å². The minimum Gasteiger partial charge on any atom is -0.550 e. The molecule has 0 aliphatic carbocycles. The van der Waals surface area contributed by atoms with Crippen LogP contribution in [0, 0.1) is 41.4 Å².